The fraction of sp³-hybridized carbons (Fsp3) is 0.267. The molecular weight excluding hydrogens is 226 g/mol. The van der Waals surface area contributed by atoms with Crippen LogP contribution < -0.4 is 0 Å². The fourth-order valence-electron chi connectivity index (χ4n) is 2.42. The number of ether oxygens (including phenoxy) is 2. The van der Waals surface area contributed by atoms with E-state index < -0.39 is 0 Å². The van der Waals surface area contributed by atoms with Crippen molar-refractivity contribution in [1.82, 2.24) is 0 Å². The molecule has 0 spiro atoms. The average Bonchev–Trinajstić information content (AvgIpc) is 2.43. The first-order chi connectivity index (χ1) is 8.83. The Balaban J connectivity index is 2.14. The lowest BCUT2D eigenvalue weighted by Gasteiger charge is -2.27. The maximum absolute atomic E-state index is 9.17. The van der Waals surface area contributed by atoms with Crippen molar-refractivity contribution in [2.45, 2.75) is 19.3 Å². The number of nitriles is 1. The van der Waals surface area contributed by atoms with Crippen LogP contribution in [0.3, 0.4) is 0 Å². The van der Waals surface area contributed by atoms with Crippen LogP contribution in [0, 0.1) is 11.3 Å². The van der Waals surface area contributed by atoms with Gasteiger partial charge in [-0.05, 0) is 43.6 Å². The van der Waals surface area contributed by atoms with Crippen molar-refractivity contribution in [3.63, 3.8) is 0 Å². The van der Waals surface area contributed by atoms with Crippen molar-refractivity contribution >= 4 is 0 Å². The Bertz CT molecular complexity index is 594. The maximum atomic E-state index is 9.17. The van der Waals surface area contributed by atoms with Crippen LogP contribution >= 0.6 is 0 Å². The van der Waals surface area contributed by atoms with E-state index in [9.17, 15) is 0 Å². The zero-order valence-electron chi connectivity index (χ0n) is 10.2. The van der Waals surface area contributed by atoms with Crippen molar-refractivity contribution in [3.05, 3.63) is 58.3 Å². The highest BCUT2D eigenvalue weighted by Crippen LogP contribution is 2.39. The summed E-state index contributed by atoms with van der Waals surface area (Å²) in [6.45, 7) is 0. The lowest BCUT2D eigenvalue weighted by molar-refractivity contribution is 0.268. The van der Waals surface area contributed by atoms with Gasteiger partial charge < -0.3 is 9.47 Å². The maximum Gasteiger partial charge on any atom is 0.134 e. The Morgan fingerprint density at radius 2 is 2.17 bits per heavy atom. The van der Waals surface area contributed by atoms with Gasteiger partial charge in [-0.15, -0.1) is 0 Å². The monoisotopic (exact) mass is 239 g/mol. The van der Waals surface area contributed by atoms with E-state index in [1.807, 2.05) is 18.2 Å². The van der Waals surface area contributed by atoms with E-state index in [1.165, 1.54) is 0 Å². The second-order valence-electron chi connectivity index (χ2n) is 4.35. The summed E-state index contributed by atoms with van der Waals surface area (Å²) >= 11 is 0. The van der Waals surface area contributed by atoms with Crippen molar-refractivity contribution in [3.8, 4) is 6.07 Å². The highest BCUT2D eigenvalue weighted by molar-refractivity contribution is 5.59. The van der Waals surface area contributed by atoms with E-state index in [-0.39, 0.29) is 0 Å². The lowest BCUT2D eigenvalue weighted by atomic mass is 9.91. The SMILES string of the molecule is COC1=CCC=C2OC3=CCCC(C#N)=C3C=C12. The van der Waals surface area contributed by atoms with E-state index in [1.54, 1.807) is 7.11 Å². The Kier molecular flexibility index (Phi) is 2.56. The Morgan fingerprint density at radius 3 is 2.94 bits per heavy atom. The molecule has 0 bridgehead atoms. The summed E-state index contributed by atoms with van der Waals surface area (Å²) in [6.07, 6.45) is 10.6. The zero-order valence-corrected chi connectivity index (χ0v) is 10.2. The standard InChI is InChI=1S/C15H13NO2/c1-17-13-5-3-7-15-12(13)8-11-10(9-16)4-2-6-14(11)18-15/h5-8H,2-4H2,1H3. The molecule has 90 valence electrons. The van der Waals surface area contributed by atoms with Crippen molar-refractivity contribution in [1.29, 1.82) is 5.26 Å². The van der Waals surface area contributed by atoms with Crippen LogP contribution in [0.15, 0.2) is 58.3 Å². The third-order valence-electron chi connectivity index (χ3n) is 3.32. The largest absolute Gasteiger partial charge is 0.496 e. The van der Waals surface area contributed by atoms with E-state index in [2.05, 4.69) is 12.1 Å². The summed E-state index contributed by atoms with van der Waals surface area (Å²) in [7, 11) is 1.65. The average molecular weight is 239 g/mol. The molecule has 1 heterocycles. The van der Waals surface area contributed by atoms with Gasteiger partial charge in [0.2, 0.25) is 0 Å². The Hall–Kier alpha value is -2.21. The number of rotatable bonds is 1. The van der Waals surface area contributed by atoms with Crippen LogP contribution in [0.5, 0.6) is 0 Å². The molecule has 0 radical (unpaired) electrons. The van der Waals surface area contributed by atoms with E-state index in [0.29, 0.717) is 0 Å². The predicted octanol–water partition coefficient (Wildman–Crippen LogP) is 3.26. The molecule has 0 aromatic heterocycles. The van der Waals surface area contributed by atoms with Crippen LogP contribution in [0.1, 0.15) is 19.3 Å². The summed E-state index contributed by atoms with van der Waals surface area (Å²) in [4.78, 5) is 0. The molecule has 0 saturated carbocycles. The van der Waals surface area contributed by atoms with Gasteiger partial charge in [0.1, 0.15) is 17.3 Å². The molecule has 0 atom stereocenters. The predicted molar refractivity (Wildman–Crippen MR) is 66.9 cm³/mol. The minimum absolute atomic E-state index is 0.785. The molecule has 0 N–H and O–H groups in total. The number of methoxy groups -OCH3 is 1. The van der Waals surface area contributed by atoms with Crippen LogP contribution in [-0.4, -0.2) is 7.11 Å². The second-order valence-corrected chi connectivity index (χ2v) is 4.35. The van der Waals surface area contributed by atoms with E-state index in [4.69, 9.17) is 14.7 Å². The Labute approximate surface area is 106 Å². The smallest absolute Gasteiger partial charge is 0.134 e. The molecule has 3 rings (SSSR count). The minimum atomic E-state index is 0.785. The van der Waals surface area contributed by atoms with E-state index in [0.717, 1.165) is 53.3 Å². The summed E-state index contributed by atoms with van der Waals surface area (Å²) < 4.78 is 11.2. The third kappa shape index (κ3) is 1.58. The van der Waals surface area contributed by atoms with Gasteiger partial charge in [-0.2, -0.15) is 5.26 Å². The molecule has 18 heavy (non-hydrogen) atoms. The molecule has 3 heteroatoms. The first kappa shape index (κ1) is 10.9. The Morgan fingerprint density at radius 1 is 1.28 bits per heavy atom. The van der Waals surface area contributed by atoms with Gasteiger partial charge in [0, 0.05) is 11.1 Å². The highest BCUT2D eigenvalue weighted by atomic mass is 16.5. The van der Waals surface area contributed by atoms with Gasteiger partial charge >= 0.3 is 0 Å². The molecular formula is C15H13NO2. The molecule has 0 fully saturated rings. The summed E-state index contributed by atoms with van der Waals surface area (Å²) in [5, 5.41) is 9.17. The highest BCUT2D eigenvalue weighted by Gasteiger charge is 2.27. The van der Waals surface area contributed by atoms with Gasteiger partial charge in [-0.1, -0.05) is 0 Å². The van der Waals surface area contributed by atoms with Crippen LogP contribution in [0.25, 0.3) is 0 Å². The van der Waals surface area contributed by atoms with Crippen molar-refractivity contribution in [2.24, 2.45) is 0 Å². The minimum Gasteiger partial charge on any atom is -0.496 e. The normalized spacial score (nSPS) is 21.3. The number of allylic oxidation sites excluding steroid dienone is 5. The first-order valence-electron chi connectivity index (χ1n) is 6.02. The topological polar surface area (TPSA) is 42.2 Å². The second kappa shape index (κ2) is 4.23. The van der Waals surface area contributed by atoms with Crippen molar-refractivity contribution < 1.29 is 9.47 Å². The van der Waals surface area contributed by atoms with Gasteiger partial charge in [0.15, 0.2) is 0 Å². The van der Waals surface area contributed by atoms with Gasteiger partial charge in [-0.3, -0.25) is 0 Å². The summed E-state index contributed by atoms with van der Waals surface area (Å²) in [6, 6.07) is 2.27. The molecule has 0 unspecified atom stereocenters. The molecule has 0 aromatic carbocycles. The van der Waals surface area contributed by atoms with Crippen LogP contribution in [0.4, 0.5) is 0 Å². The molecule has 2 aliphatic carbocycles. The third-order valence-corrected chi connectivity index (χ3v) is 3.32. The quantitative estimate of drug-likeness (QED) is 0.705. The van der Waals surface area contributed by atoms with Crippen LogP contribution in [0.2, 0.25) is 0 Å². The van der Waals surface area contributed by atoms with E-state index >= 15 is 0 Å². The fourth-order valence-corrected chi connectivity index (χ4v) is 2.42. The van der Waals surface area contributed by atoms with Crippen LogP contribution in [-0.2, 0) is 9.47 Å². The molecule has 0 saturated heterocycles. The number of nitrogens with zero attached hydrogens (tertiary/aromatic N) is 1. The summed E-state index contributed by atoms with van der Waals surface area (Å²) in [5.74, 6) is 2.47. The van der Waals surface area contributed by atoms with Gasteiger partial charge in [-0.25, -0.2) is 0 Å². The molecule has 0 aromatic rings. The molecule has 3 nitrogen and oxygen atoms in total. The number of fused-ring (bicyclic) bond motifs is 2. The molecule has 1 aliphatic heterocycles. The van der Waals surface area contributed by atoms with Gasteiger partial charge in [0.25, 0.3) is 0 Å². The van der Waals surface area contributed by atoms with Crippen molar-refractivity contribution in [2.75, 3.05) is 7.11 Å². The molecule has 3 aliphatic rings. The summed E-state index contributed by atoms with van der Waals surface area (Å²) in [5.41, 5.74) is 2.63. The number of hydrogen-bond acceptors (Lipinski definition) is 3. The van der Waals surface area contributed by atoms with Gasteiger partial charge in [0.05, 0.1) is 18.8 Å². The lowest BCUT2D eigenvalue weighted by Crippen LogP contribution is -2.13. The molecule has 0 amide bonds. The first-order valence-corrected chi connectivity index (χ1v) is 6.02. The number of hydrogen-bond donors (Lipinski definition) is 0. The zero-order chi connectivity index (χ0) is 12.5.